The molecule has 5 heteroatoms. The molecule has 0 aliphatic carbocycles. The lowest BCUT2D eigenvalue weighted by molar-refractivity contribution is 1.00. The Kier molecular flexibility index (Phi) is 2.59. The van der Waals surface area contributed by atoms with E-state index in [1.165, 1.54) is 11.3 Å². The molecule has 0 unspecified atom stereocenters. The monoisotopic (exact) mass is 231 g/mol. The second-order valence-corrected chi connectivity index (χ2v) is 4.48. The van der Waals surface area contributed by atoms with Gasteiger partial charge in [0.05, 0.1) is 10.6 Å². The number of hydrogen-bond donors (Lipinski definition) is 1. The maximum Gasteiger partial charge on any atom is 0.254 e. The van der Waals surface area contributed by atoms with Crippen LogP contribution in [-0.2, 0) is 0 Å². The summed E-state index contributed by atoms with van der Waals surface area (Å²) in [6, 6.07) is 5.62. The minimum absolute atomic E-state index is 0.130. The van der Waals surface area contributed by atoms with Crippen molar-refractivity contribution in [2.24, 2.45) is 0 Å². The molecular weight excluding hydrogens is 222 g/mol. The van der Waals surface area contributed by atoms with Crippen LogP contribution in [0, 0.1) is 25.2 Å². The molecule has 0 fully saturated rings. The first-order chi connectivity index (χ1) is 7.61. The topological polar surface area (TPSA) is 69.5 Å². The molecule has 0 aromatic carbocycles. The molecule has 0 saturated heterocycles. The van der Waals surface area contributed by atoms with Crippen LogP contribution in [0.15, 0.2) is 16.9 Å². The van der Waals surface area contributed by atoms with E-state index in [0.29, 0.717) is 22.0 Å². The van der Waals surface area contributed by atoms with Crippen LogP contribution in [0.25, 0.3) is 10.6 Å². The Labute approximate surface area is 96.2 Å². The van der Waals surface area contributed by atoms with Crippen LogP contribution in [-0.4, -0.2) is 9.97 Å². The molecule has 0 atom stereocenters. The maximum absolute atomic E-state index is 11.6. The smallest absolute Gasteiger partial charge is 0.254 e. The Balaban J connectivity index is 2.65. The van der Waals surface area contributed by atoms with Crippen molar-refractivity contribution < 1.29 is 0 Å². The Morgan fingerprint density at radius 3 is 2.81 bits per heavy atom. The summed E-state index contributed by atoms with van der Waals surface area (Å²) in [5.41, 5.74) is 1.11. The summed E-state index contributed by atoms with van der Waals surface area (Å²) in [5, 5.41) is 8.75. The van der Waals surface area contributed by atoms with Crippen molar-refractivity contribution in [2.75, 3.05) is 0 Å². The second-order valence-electron chi connectivity index (χ2n) is 3.40. The summed E-state index contributed by atoms with van der Waals surface area (Å²) in [6.07, 6.45) is 0. The summed E-state index contributed by atoms with van der Waals surface area (Å²) in [5.74, 6) is 0.581. The molecule has 0 radical (unpaired) electrons. The van der Waals surface area contributed by atoms with Crippen molar-refractivity contribution in [3.05, 3.63) is 38.8 Å². The number of aromatic nitrogens is 2. The number of aromatic amines is 1. The number of rotatable bonds is 1. The van der Waals surface area contributed by atoms with Crippen molar-refractivity contribution in [1.82, 2.24) is 9.97 Å². The molecule has 0 saturated carbocycles. The molecule has 80 valence electrons. The predicted molar refractivity (Wildman–Crippen MR) is 62.4 cm³/mol. The third kappa shape index (κ3) is 1.75. The Morgan fingerprint density at radius 2 is 2.19 bits per heavy atom. The zero-order valence-electron chi connectivity index (χ0n) is 8.87. The van der Waals surface area contributed by atoms with Gasteiger partial charge in [-0.25, -0.2) is 4.98 Å². The molecule has 16 heavy (non-hydrogen) atoms. The van der Waals surface area contributed by atoms with Crippen LogP contribution in [0.3, 0.4) is 0 Å². The minimum Gasteiger partial charge on any atom is -0.311 e. The first-order valence-electron chi connectivity index (χ1n) is 4.69. The number of aryl methyl sites for hydroxylation is 1. The predicted octanol–water partition coefficient (Wildman–Crippen LogP) is 1.99. The number of nitriles is 1. The van der Waals surface area contributed by atoms with Gasteiger partial charge in [0.1, 0.15) is 16.8 Å². The first kappa shape index (κ1) is 10.6. The van der Waals surface area contributed by atoms with Crippen LogP contribution < -0.4 is 5.56 Å². The van der Waals surface area contributed by atoms with Crippen LogP contribution in [0.4, 0.5) is 0 Å². The molecule has 0 aliphatic heterocycles. The molecule has 0 spiro atoms. The fourth-order valence-corrected chi connectivity index (χ4v) is 2.26. The lowest BCUT2D eigenvalue weighted by atomic mass is 10.2. The molecule has 4 nitrogen and oxygen atoms in total. The van der Waals surface area contributed by atoms with Gasteiger partial charge in [0.15, 0.2) is 0 Å². The zero-order valence-corrected chi connectivity index (χ0v) is 9.68. The van der Waals surface area contributed by atoms with Crippen molar-refractivity contribution in [3.63, 3.8) is 0 Å². The quantitative estimate of drug-likeness (QED) is 0.815. The van der Waals surface area contributed by atoms with Crippen molar-refractivity contribution in [1.29, 1.82) is 5.26 Å². The fraction of sp³-hybridized carbons (Fsp3) is 0.182. The van der Waals surface area contributed by atoms with Gasteiger partial charge in [-0.3, -0.25) is 4.79 Å². The van der Waals surface area contributed by atoms with Gasteiger partial charge in [-0.15, -0.1) is 11.3 Å². The lowest BCUT2D eigenvalue weighted by Crippen LogP contribution is -2.13. The molecule has 2 heterocycles. The van der Waals surface area contributed by atoms with E-state index in [0.717, 1.165) is 4.88 Å². The van der Waals surface area contributed by atoms with Crippen molar-refractivity contribution in [3.8, 4) is 16.6 Å². The van der Waals surface area contributed by atoms with Gasteiger partial charge in [-0.05, 0) is 26.0 Å². The van der Waals surface area contributed by atoms with Gasteiger partial charge in [0, 0.05) is 5.56 Å². The van der Waals surface area contributed by atoms with E-state index in [2.05, 4.69) is 16.0 Å². The Hall–Kier alpha value is -1.93. The van der Waals surface area contributed by atoms with Gasteiger partial charge < -0.3 is 4.98 Å². The van der Waals surface area contributed by atoms with E-state index in [4.69, 9.17) is 5.26 Å². The van der Waals surface area contributed by atoms with Gasteiger partial charge in [0.2, 0.25) is 0 Å². The SMILES string of the molecule is Cc1nc(-c2ccc(C#N)s2)c(C)c(=O)[nH]1. The number of nitrogens with one attached hydrogen (secondary N) is 1. The highest BCUT2D eigenvalue weighted by Gasteiger charge is 2.10. The van der Waals surface area contributed by atoms with Crippen molar-refractivity contribution >= 4 is 11.3 Å². The molecule has 2 rings (SSSR count). The number of thiophene rings is 1. The summed E-state index contributed by atoms with van der Waals surface area (Å²) in [6.45, 7) is 3.47. The van der Waals surface area contributed by atoms with Crippen LogP contribution in [0.2, 0.25) is 0 Å². The summed E-state index contributed by atoms with van der Waals surface area (Å²) >= 11 is 1.34. The molecule has 1 N–H and O–H groups in total. The summed E-state index contributed by atoms with van der Waals surface area (Å²) < 4.78 is 0. The molecule has 0 amide bonds. The zero-order chi connectivity index (χ0) is 11.7. The average Bonchev–Trinajstić information content (AvgIpc) is 2.71. The highest BCUT2D eigenvalue weighted by atomic mass is 32.1. The largest absolute Gasteiger partial charge is 0.311 e. The summed E-state index contributed by atoms with van der Waals surface area (Å²) in [4.78, 5) is 20.0. The standard InChI is InChI=1S/C11H9N3OS/c1-6-10(13-7(2)14-11(6)15)9-4-3-8(5-12)16-9/h3-4H,1-2H3,(H,13,14,15). The molecular formula is C11H9N3OS. The fourth-order valence-electron chi connectivity index (χ4n) is 1.41. The van der Waals surface area contributed by atoms with Gasteiger partial charge >= 0.3 is 0 Å². The molecule has 0 aliphatic rings. The molecule has 2 aromatic rings. The van der Waals surface area contributed by atoms with Gasteiger partial charge in [-0.2, -0.15) is 5.26 Å². The Bertz CT molecular complexity index is 633. The van der Waals surface area contributed by atoms with E-state index in [1.54, 1.807) is 19.9 Å². The van der Waals surface area contributed by atoms with Crippen LogP contribution in [0.5, 0.6) is 0 Å². The van der Waals surface area contributed by atoms with Crippen LogP contribution >= 0.6 is 11.3 Å². The molecule has 2 aromatic heterocycles. The third-order valence-electron chi connectivity index (χ3n) is 2.22. The normalized spacial score (nSPS) is 10.1. The molecule has 0 bridgehead atoms. The van der Waals surface area contributed by atoms with E-state index < -0.39 is 0 Å². The first-order valence-corrected chi connectivity index (χ1v) is 5.51. The number of H-pyrrole nitrogens is 1. The number of hydrogen-bond acceptors (Lipinski definition) is 4. The highest BCUT2D eigenvalue weighted by molar-refractivity contribution is 7.16. The van der Waals surface area contributed by atoms with Crippen LogP contribution in [0.1, 0.15) is 16.3 Å². The lowest BCUT2D eigenvalue weighted by Gasteiger charge is -2.02. The Morgan fingerprint density at radius 1 is 1.44 bits per heavy atom. The number of nitrogens with zero attached hydrogens (tertiary/aromatic N) is 2. The van der Waals surface area contributed by atoms with E-state index in [-0.39, 0.29) is 5.56 Å². The summed E-state index contributed by atoms with van der Waals surface area (Å²) in [7, 11) is 0. The average molecular weight is 231 g/mol. The van der Waals surface area contributed by atoms with Gasteiger partial charge in [0.25, 0.3) is 5.56 Å². The van der Waals surface area contributed by atoms with Gasteiger partial charge in [-0.1, -0.05) is 0 Å². The second kappa shape index (κ2) is 3.91. The minimum atomic E-state index is -0.130. The van der Waals surface area contributed by atoms with E-state index >= 15 is 0 Å². The van der Waals surface area contributed by atoms with Crippen molar-refractivity contribution in [2.45, 2.75) is 13.8 Å². The highest BCUT2D eigenvalue weighted by Crippen LogP contribution is 2.27. The third-order valence-corrected chi connectivity index (χ3v) is 3.22. The maximum atomic E-state index is 11.6. The van der Waals surface area contributed by atoms with E-state index in [1.807, 2.05) is 6.07 Å². The van der Waals surface area contributed by atoms with E-state index in [9.17, 15) is 4.79 Å².